The lowest BCUT2D eigenvalue weighted by Crippen LogP contribution is -2.26. The number of hydrogen-bond acceptors (Lipinski definition) is 4. The zero-order valence-corrected chi connectivity index (χ0v) is 8.85. The zero-order chi connectivity index (χ0) is 11.1. The van der Waals surface area contributed by atoms with Gasteiger partial charge in [0.2, 0.25) is 0 Å². The molecule has 1 unspecified atom stereocenters. The van der Waals surface area contributed by atoms with Crippen molar-refractivity contribution in [2.75, 3.05) is 19.8 Å². The molecule has 15 heavy (non-hydrogen) atoms. The Bertz CT molecular complexity index is 291. The van der Waals surface area contributed by atoms with Gasteiger partial charge in [-0.1, -0.05) is 12.1 Å². The van der Waals surface area contributed by atoms with Gasteiger partial charge in [0.1, 0.15) is 12.7 Å². The van der Waals surface area contributed by atoms with Crippen LogP contribution in [0.2, 0.25) is 0 Å². The minimum atomic E-state index is -0.639. The second-order valence-corrected chi connectivity index (χ2v) is 3.08. The Morgan fingerprint density at radius 1 is 1.27 bits per heavy atom. The molecule has 1 aromatic carbocycles. The van der Waals surface area contributed by atoms with E-state index in [0.29, 0.717) is 18.1 Å². The summed E-state index contributed by atoms with van der Waals surface area (Å²) in [5.74, 6) is 1.32. The average Bonchev–Trinajstić information content (AvgIpc) is 2.28. The third-order valence-corrected chi connectivity index (χ3v) is 1.85. The molecule has 1 atom stereocenters. The third-order valence-electron chi connectivity index (χ3n) is 1.85. The molecule has 0 saturated heterocycles. The molecule has 0 aliphatic rings. The molecular weight excluding hydrogens is 194 g/mol. The number of aliphatic hydroxyl groups is 1. The smallest absolute Gasteiger partial charge is 0.161 e. The number of benzene rings is 1. The van der Waals surface area contributed by atoms with E-state index in [1.807, 2.05) is 25.1 Å². The van der Waals surface area contributed by atoms with Crippen LogP contribution < -0.4 is 15.2 Å². The van der Waals surface area contributed by atoms with Crippen LogP contribution in [0.4, 0.5) is 0 Å². The van der Waals surface area contributed by atoms with Crippen molar-refractivity contribution < 1.29 is 14.6 Å². The highest BCUT2D eigenvalue weighted by Gasteiger charge is 2.06. The van der Waals surface area contributed by atoms with E-state index in [4.69, 9.17) is 15.2 Å². The first-order valence-electron chi connectivity index (χ1n) is 5.00. The van der Waals surface area contributed by atoms with Gasteiger partial charge in [0.05, 0.1) is 6.61 Å². The summed E-state index contributed by atoms with van der Waals surface area (Å²) in [6, 6.07) is 7.35. The van der Waals surface area contributed by atoms with Crippen LogP contribution in [0.3, 0.4) is 0 Å². The van der Waals surface area contributed by atoms with E-state index in [-0.39, 0.29) is 13.2 Å². The summed E-state index contributed by atoms with van der Waals surface area (Å²) >= 11 is 0. The molecule has 0 amide bonds. The van der Waals surface area contributed by atoms with Crippen molar-refractivity contribution in [3.8, 4) is 11.5 Å². The highest BCUT2D eigenvalue weighted by atomic mass is 16.5. The molecule has 0 aliphatic carbocycles. The predicted molar refractivity (Wildman–Crippen MR) is 58.2 cm³/mol. The van der Waals surface area contributed by atoms with Gasteiger partial charge in [-0.15, -0.1) is 0 Å². The van der Waals surface area contributed by atoms with Crippen molar-refractivity contribution >= 4 is 0 Å². The molecule has 0 radical (unpaired) electrons. The lowest BCUT2D eigenvalue weighted by atomic mass is 10.3. The molecule has 84 valence electrons. The predicted octanol–water partition coefficient (Wildman–Crippen LogP) is 0.784. The Morgan fingerprint density at radius 3 is 2.40 bits per heavy atom. The fourth-order valence-corrected chi connectivity index (χ4v) is 1.10. The van der Waals surface area contributed by atoms with Crippen molar-refractivity contribution in [1.29, 1.82) is 0 Å². The molecule has 4 heteroatoms. The molecule has 0 heterocycles. The Kier molecular flexibility index (Phi) is 4.93. The van der Waals surface area contributed by atoms with Gasteiger partial charge >= 0.3 is 0 Å². The van der Waals surface area contributed by atoms with Gasteiger partial charge in [0.25, 0.3) is 0 Å². The van der Waals surface area contributed by atoms with Crippen molar-refractivity contribution in [1.82, 2.24) is 0 Å². The molecule has 0 spiro atoms. The van der Waals surface area contributed by atoms with Gasteiger partial charge < -0.3 is 20.3 Å². The van der Waals surface area contributed by atoms with E-state index >= 15 is 0 Å². The van der Waals surface area contributed by atoms with Crippen LogP contribution in [0, 0.1) is 0 Å². The first-order valence-corrected chi connectivity index (χ1v) is 5.00. The maximum absolute atomic E-state index is 9.25. The van der Waals surface area contributed by atoms with E-state index in [1.165, 1.54) is 0 Å². The van der Waals surface area contributed by atoms with Gasteiger partial charge in [0, 0.05) is 6.54 Å². The molecule has 3 N–H and O–H groups in total. The van der Waals surface area contributed by atoms with E-state index in [0.717, 1.165) is 0 Å². The highest BCUT2D eigenvalue weighted by molar-refractivity contribution is 5.39. The monoisotopic (exact) mass is 211 g/mol. The maximum atomic E-state index is 9.25. The molecule has 0 saturated carbocycles. The van der Waals surface area contributed by atoms with Crippen LogP contribution in [-0.2, 0) is 0 Å². The first kappa shape index (κ1) is 11.8. The largest absolute Gasteiger partial charge is 0.490 e. The molecule has 0 aliphatic heterocycles. The molecule has 1 rings (SSSR count). The normalized spacial score (nSPS) is 12.2. The summed E-state index contributed by atoms with van der Waals surface area (Å²) in [6.45, 7) is 2.86. The number of rotatable bonds is 6. The molecule has 4 nitrogen and oxygen atoms in total. The number of hydrogen-bond donors (Lipinski definition) is 2. The summed E-state index contributed by atoms with van der Waals surface area (Å²) in [7, 11) is 0. The Morgan fingerprint density at radius 2 is 1.87 bits per heavy atom. The van der Waals surface area contributed by atoms with Crippen LogP contribution in [-0.4, -0.2) is 31.0 Å². The average molecular weight is 211 g/mol. The molecule has 0 fully saturated rings. The van der Waals surface area contributed by atoms with Gasteiger partial charge in [-0.2, -0.15) is 0 Å². The third kappa shape index (κ3) is 3.77. The summed E-state index contributed by atoms with van der Waals surface area (Å²) in [6.07, 6.45) is -0.639. The van der Waals surface area contributed by atoms with Crippen LogP contribution in [0.15, 0.2) is 24.3 Å². The summed E-state index contributed by atoms with van der Waals surface area (Å²) < 4.78 is 10.8. The van der Waals surface area contributed by atoms with E-state index < -0.39 is 6.10 Å². The molecular formula is C11H17NO3. The van der Waals surface area contributed by atoms with E-state index in [2.05, 4.69) is 0 Å². The fourth-order valence-electron chi connectivity index (χ4n) is 1.10. The van der Waals surface area contributed by atoms with Crippen molar-refractivity contribution in [3.63, 3.8) is 0 Å². The summed E-state index contributed by atoms with van der Waals surface area (Å²) in [5.41, 5.74) is 5.27. The summed E-state index contributed by atoms with van der Waals surface area (Å²) in [4.78, 5) is 0. The fraction of sp³-hybridized carbons (Fsp3) is 0.455. The minimum absolute atomic E-state index is 0.181. The summed E-state index contributed by atoms with van der Waals surface area (Å²) in [5, 5.41) is 9.25. The number of ether oxygens (including phenoxy) is 2. The Labute approximate surface area is 89.6 Å². The van der Waals surface area contributed by atoms with Gasteiger partial charge in [-0.25, -0.2) is 0 Å². The van der Waals surface area contributed by atoms with Crippen molar-refractivity contribution in [2.24, 2.45) is 5.73 Å². The second-order valence-electron chi connectivity index (χ2n) is 3.08. The number of aliphatic hydroxyl groups excluding tert-OH is 1. The SMILES string of the molecule is CCOc1ccccc1OCC(O)CN. The topological polar surface area (TPSA) is 64.7 Å². The van der Waals surface area contributed by atoms with Crippen LogP contribution >= 0.6 is 0 Å². The lowest BCUT2D eigenvalue weighted by Gasteiger charge is -2.13. The highest BCUT2D eigenvalue weighted by Crippen LogP contribution is 2.26. The lowest BCUT2D eigenvalue weighted by molar-refractivity contribution is 0.112. The van der Waals surface area contributed by atoms with Gasteiger partial charge in [-0.05, 0) is 19.1 Å². The number of nitrogens with two attached hydrogens (primary N) is 1. The zero-order valence-electron chi connectivity index (χ0n) is 8.85. The molecule has 0 bridgehead atoms. The number of para-hydroxylation sites is 2. The van der Waals surface area contributed by atoms with Crippen LogP contribution in [0.25, 0.3) is 0 Å². The minimum Gasteiger partial charge on any atom is -0.490 e. The van der Waals surface area contributed by atoms with Crippen molar-refractivity contribution in [2.45, 2.75) is 13.0 Å². The maximum Gasteiger partial charge on any atom is 0.161 e. The van der Waals surface area contributed by atoms with Crippen molar-refractivity contribution in [3.05, 3.63) is 24.3 Å². The van der Waals surface area contributed by atoms with Crippen LogP contribution in [0.5, 0.6) is 11.5 Å². The standard InChI is InChI=1S/C11H17NO3/c1-2-14-10-5-3-4-6-11(10)15-8-9(13)7-12/h3-6,9,13H,2,7-8,12H2,1H3. The Balaban J connectivity index is 2.58. The quantitative estimate of drug-likeness (QED) is 0.730. The molecule has 1 aromatic rings. The first-order chi connectivity index (χ1) is 7.27. The van der Waals surface area contributed by atoms with Gasteiger partial charge in [-0.3, -0.25) is 0 Å². The molecule has 0 aromatic heterocycles. The van der Waals surface area contributed by atoms with Gasteiger partial charge in [0.15, 0.2) is 11.5 Å². The van der Waals surface area contributed by atoms with Crippen LogP contribution in [0.1, 0.15) is 6.92 Å². The second kappa shape index (κ2) is 6.27. The van der Waals surface area contributed by atoms with E-state index in [9.17, 15) is 5.11 Å². The Hall–Kier alpha value is -1.26. The van der Waals surface area contributed by atoms with E-state index in [1.54, 1.807) is 6.07 Å².